The van der Waals surface area contributed by atoms with E-state index in [2.05, 4.69) is 0 Å². The Labute approximate surface area is 206 Å². The van der Waals surface area contributed by atoms with Gasteiger partial charge < -0.3 is 19.1 Å². The SMILES string of the molecule is O=C(OCc1ccccc1)c1cc(C(F)(F)F)c(C(=O)N2CCOCC2)cc1OCc1ccccc1. The highest BCUT2D eigenvalue weighted by Gasteiger charge is 2.39. The van der Waals surface area contributed by atoms with E-state index in [-0.39, 0.29) is 45.3 Å². The minimum absolute atomic E-state index is 0.0175. The van der Waals surface area contributed by atoms with Crippen molar-refractivity contribution >= 4 is 11.9 Å². The second kappa shape index (κ2) is 11.3. The summed E-state index contributed by atoms with van der Waals surface area (Å²) in [5, 5.41) is 0. The van der Waals surface area contributed by atoms with Gasteiger partial charge in [0.1, 0.15) is 24.5 Å². The second-order valence-corrected chi connectivity index (χ2v) is 8.13. The summed E-state index contributed by atoms with van der Waals surface area (Å²) in [7, 11) is 0. The van der Waals surface area contributed by atoms with Crippen molar-refractivity contribution in [1.29, 1.82) is 0 Å². The molecule has 1 aliphatic heterocycles. The quantitative estimate of drug-likeness (QED) is 0.423. The Morgan fingerprint density at radius 3 is 2.00 bits per heavy atom. The van der Waals surface area contributed by atoms with E-state index in [0.29, 0.717) is 11.6 Å². The van der Waals surface area contributed by atoms with Crippen molar-refractivity contribution in [2.75, 3.05) is 26.3 Å². The second-order valence-electron chi connectivity index (χ2n) is 8.13. The van der Waals surface area contributed by atoms with E-state index < -0.39 is 34.7 Å². The number of ether oxygens (including phenoxy) is 3. The predicted molar refractivity (Wildman–Crippen MR) is 125 cm³/mol. The summed E-state index contributed by atoms with van der Waals surface area (Å²) in [6.45, 7) is 0.640. The van der Waals surface area contributed by atoms with E-state index in [9.17, 15) is 22.8 Å². The van der Waals surface area contributed by atoms with Gasteiger partial charge in [0.2, 0.25) is 0 Å². The van der Waals surface area contributed by atoms with Crippen LogP contribution in [0.2, 0.25) is 0 Å². The molecule has 1 aliphatic rings. The van der Waals surface area contributed by atoms with Gasteiger partial charge in [-0.15, -0.1) is 0 Å². The maximum atomic E-state index is 14.1. The fourth-order valence-electron chi connectivity index (χ4n) is 3.74. The lowest BCUT2D eigenvalue weighted by atomic mass is 10.0. The van der Waals surface area contributed by atoms with Crippen LogP contribution in [0, 0.1) is 0 Å². The van der Waals surface area contributed by atoms with Gasteiger partial charge in [-0.3, -0.25) is 4.79 Å². The number of alkyl halides is 3. The Hall–Kier alpha value is -3.85. The number of halogens is 3. The van der Waals surface area contributed by atoms with Crippen LogP contribution >= 0.6 is 0 Å². The molecular formula is C27H24F3NO5. The molecule has 0 aliphatic carbocycles. The molecule has 36 heavy (non-hydrogen) atoms. The van der Waals surface area contributed by atoms with Crippen LogP contribution in [0.15, 0.2) is 72.8 Å². The van der Waals surface area contributed by atoms with Crippen molar-refractivity contribution in [1.82, 2.24) is 4.90 Å². The van der Waals surface area contributed by atoms with E-state index in [1.807, 2.05) is 6.07 Å². The van der Waals surface area contributed by atoms with Gasteiger partial charge in [-0.05, 0) is 23.3 Å². The molecule has 3 aromatic carbocycles. The first-order chi connectivity index (χ1) is 17.3. The van der Waals surface area contributed by atoms with Crippen LogP contribution in [0.25, 0.3) is 0 Å². The molecular weight excluding hydrogens is 475 g/mol. The molecule has 0 N–H and O–H groups in total. The molecule has 1 saturated heterocycles. The Morgan fingerprint density at radius 2 is 1.42 bits per heavy atom. The zero-order chi connectivity index (χ0) is 25.5. The zero-order valence-corrected chi connectivity index (χ0v) is 19.3. The summed E-state index contributed by atoms with van der Waals surface area (Å²) in [4.78, 5) is 27.3. The van der Waals surface area contributed by atoms with Gasteiger partial charge in [0.15, 0.2) is 0 Å². The van der Waals surface area contributed by atoms with Crippen molar-refractivity contribution in [2.24, 2.45) is 0 Å². The molecule has 4 rings (SSSR count). The summed E-state index contributed by atoms with van der Waals surface area (Å²) >= 11 is 0. The molecule has 1 fully saturated rings. The number of amides is 1. The third kappa shape index (κ3) is 6.23. The number of esters is 1. The highest BCUT2D eigenvalue weighted by Crippen LogP contribution is 2.37. The van der Waals surface area contributed by atoms with E-state index in [1.165, 1.54) is 4.90 Å². The molecule has 3 aromatic rings. The molecule has 6 nitrogen and oxygen atoms in total. The van der Waals surface area contributed by atoms with Crippen LogP contribution in [-0.2, 0) is 28.9 Å². The number of carbonyl (C=O) groups excluding carboxylic acids is 2. The molecule has 0 unspecified atom stereocenters. The molecule has 0 saturated carbocycles. The Morgan fingerprint density at radius 1 is 0.833 bits per heavy atom. The van der Waals surface area contributed by atoms with Crippen molar-refractivity contribution in [3.8, 4) is 5.75 Å². The minimum Gasteiger partial charge on any atom is -0.488 e. The first kappa shape index (κ1) is 25.2. The van der Waals surface area contributed by atoms with Gasteiger partial charge in [0.25, 0.3) is 5.91 Å². The number of morpholine rings is 1. The van der Waals surface area contributed by atoms with Crippen molar-refractivity contribution in [3.63, 3.8) is 0 Å². The molecule has 9 heteroatoms. The van der Waals surface area contributed by atoms with Gasteiger partial charge in [-0.25, -0.2) is 4.79 Å². The van der Waals surface area contributed by atoms with E-state index in [4.69, 9.17) is 14.2 Å². The first-order valence-corrected chi connectivity index (χ1v) is 11.3. The van der Waals surface area contributed by atoms with Crippen LogP contribution in [0.3, 0.4) is 0 Å². The summed E-state index contributed by atoms with van der Waals surface area (Å²) in [6.07, 6.45) is -4.89. The maximum Gasteiger partial charge on any atom is 0.417 e. The van der Waals surface area contributed by atoms with Crippen molar-refractivity contribution in [3.05, 3.63) is 101 Å². The number of nitrogens with zero attached hydrogens (tertiary/aromatic N) is 1. The largest absolute Gasteiger partial charge is 0.488 e. The van der Waals surface area contributed by atoms with E-state index in [0.717, 1.165) is 11.6 Å². The van der Waals surface area contributed by atoms with Crippen molar-refractivity contribution in [2.45, 2.75) is 19.4 Å². The maximum absolute atomic E-state index is 14.1. The molecule has 0 aromatic heterocycles. The number of rotatable bonds is 7. The summed E-state index contributed by atoms with van der Waals surface area (Å²) < 4.78 is 58.5. The third-order valence-electron chi connectivity index (χ3n) is 5.62. The molecule has 188 valence electrons. The topological polar surface area (TPSA) is 65.1 Å². The molecule has 0 radical (unpaired) electrons. The molecule has 0 spiro atoms. The molecule has 0 bridgehead atoms. The highest BCUT2D eigenvalue weighted by atomic mass is 19.4. The summed E-state index contributed by atoms with van der Waals surface area (Å²) in [6, 6.07) is 19.3. The van der Waals surface area contributed by atoms with E-state index in [1.54, 1.807) is 54.6 Å². The van der Waals surface area contributed by atoms with Crippen LogP contribution in [0.5, 0.6) is 5.75 Å². The summed E-state index contributed by atoms with van der Waals surface area (Å²) in [5.74, 6) is -1.96. The normalized spacial score (nSPS) is 13.8. The van der Waals surface area contributed by atoms with Crippen molar-refractivity contribution < 1.29 is 37.0 Å². The van der Waals surface area contributed by atoms with Gasteiger partial charge in [-0.1, -0.05) is 60.7 Å². The monoisotopic (exact) mass is 499 g/mol. The van der Waals surface area contributed by atoms with Gasteiger partial charge >= 0.3 is 12.1 Å². The lowest BCUT2D eigenvalue weighted by Crippen LogP contribution is -2.41. The van der Waals surface area contributed by atoms with Gasteiger partial charge in [0.05, 0.1) is 24.3 Å². The zero-order valence-electron chi connectivity index (χ0n) is 19.3. The lowest BCUT2D eigenvalue weighted by Gasteiger charge is -2.28. The van der Waals surface area contributed by atoms with Crippen LogP contribution in [-0.4, -0.2) is 43.1 Å². The molecule has 1 heterocycles. The smallest absolute Gasteiger partial charge is 0.417 e. The number of carbonyl (C=O) groups is 2. The Kier molecular flexibility index (Phi) is 7.90. The standard InChI is InChI=1S/C27H24F3NO5/c28-27(29,30)23-15-22(26(33)36-18-20-9-5-2-6-10-20)24(35-17-19-7-3-1-4-8-19)16-21(23)25(32)31-11-13-34-14-12-31/h1-10,15-16H,11-14,17-18H2. The Balaban J connectivity index is 1.70. The summed E-state index contributed by atoms with van der Waals surface area (Å²) in [5.41, 5.74) is -0.813. The lowest BCUT2D eigenvalue weighted by molar-refractivity contribution is -0.138. The fourth-order valence-corrected chi connectivity index (χ4v) is 3.74. The van der Waals surface area contributed by atoms with Crippen LogP contribution < -0.4 is 4.74 Å². The number of hydrogen-bond acceptors (Lipinski definition) is 5. The number of benzene rings is 3. The first-order valence-electron chi connectivity index (χ1n) is 11.3. The predicted octanol–water partition coefficient (Wildman–Crippen LogP) is 5.11. The fraction of sp³-hybridized carbons (Fsp3) is 0.259. The van der Waals surface area contributed by atoms with E-state index >= 15 is 0 Å². The molecule has 0 atom stereocenters. The van der Waals surface area contributed by atoms with Crippen LogP contribution in [0.1, 0.15) is 37.4 Å². The van der Waals surface area contributed by atoms with Gasteiger partial charge in [-0.2, -0.15) is 13.2 Å². The van der Waals surface area contributed by atoms with Gasteiger partial charge in [0, 0.05) is 13.1 Å². The average molecular weight is 499 g/mol. The molecule has 1 amide bonds. The Bertz CT molecular complexity index is 1190. The average Bonchev–Trinajstić information content (AvgIpc) is 2.90. The van der Waals surface area contributed by atoms with Crippen LogP contribution in [0.4, 0.5) is 13.2 Å². The highest BCUT2D eigenvalue weighted by molar-refractivity contribution is 6.00. The minimum atomic E-state index is -4.89. The number of hydrogen-bond donors (Lipinski definition) is 0. The third-order valence-corrected chi connectivity index (χ3v) is 5.62.